The van der Waals surface area contributed by atoms with Crippen LogP contribution in [-0.2, 0) is 47.5 Å². The Labute approximate surface area is 376 Å². The van der Waals surface area contributed by atoms with Crippen molar-refractivity contribution in [2.45, 2.75) is 185 Å². The monoisotopic (exact) mass is 911 g/mol. The highest BCUT2D eigenvalue weighted by Gasteiger charge is 2.54. The Balaban J connectivity index is 1.81. The Morgan fingerprint density at radius 1 is 0.922 bits per heavy atom. The molecule has 3 saturated heterocycles. The van der Waals surface area contributed by atoms with Gasteiger partial charge in [-0.1, -0.05) is 20.8 Å². The molecule has 19 heteroatoms. The molecule has 0 radical (unpaired) electrons. The van der Waals surface area contributed by atoms with E-state index < -0.39 is 119 Å². The number of carbonyl (C=O) groups is 3. The van der Waals surface area contributed by atoms with E-state index in [1.807, 2.05) is 25.9 Å². The molecular weight excluding hydrogens is 838 g/mol. The smallest absolute Gasteiger partial charge is 0.338 e. The molecule has 364 valence electrons. The molecule has 1 amide bonds. The maximum Gasteiger partial charge on any atom is 0.338 e. The quantitative estimate of drug-likeness (QED) is 0.141. The number of aliphatic hydroxyl groups excluding tert-OH is 2. The van der Waals surface area contributed by atoms with Crippen LogP contribution in [0.15, 0.2) is 24.3 Å². The number of amides is 1. The van der Waals surface area contributed by atoms with E-state index in [1.54, 1.807) is 48.5 Å². The summed E-state index contributed by atoms with van der Waals surface area (Å²) in [6.07, 6.45) is -9.89. The summed E-state index contributed by atoms with van der Waals surface area (Å²) in [6, 6.07) is 4.07. The summed E-state index contributed by atoms with van der Waals surface area (Å²) in [6.45, 7) is 16.7. The Hall–Kier alpha value is -3.37. The number of methoxy groups -OCH3 is 2. The largest absolute Gasteiger partial charge is 0.459 e. The molecule has 19 nitrogen and oxygen atoms in total. The summed E-state index contributed by atoms with van der Waals surface area (Å²) in [4.78, 5) is 54.1. The van der Waals surface area contributed by atoms with Crippen LogP contribution in [-0.4, -0.2) is 162 Å². The molecule has 0 aliphatic carbocycles. The number of hydrogen-bond acceptors (Lipinski definition) is 17. The van der Waals surface area contributed by atoms with E-state index >= 15 is 0 Å². The van der Waals surface area contributed by atoms with Gasteiger partial charge in [0.1, 0.15) is 23.4 Å². The lowest BCUT2D eigenvalue weighted by Crippen LogP contribution is -2.61. The number of aliphatic hydroxyl groups is 3. The number of likely N-dealkylation sites (N-methyl/N-ethyl adjacent to an activating group) is 1. The summed E-state index contributed by atoms with van der Waals surface area (Å²) in [5.41, 5.74) is -4.68. The van der Waals surface area contributed by atoms with Crippen LogP contribution < -0.4 is 5.32 Å². The molecule has 4 rings (SSSR count). The zero-order chi connectivity index (χ0) is 48.2. The summed E-state index contributed by atoms with van der Waals surface area (Å²) >= 11 is 0. The molecular formula is C45H73N3O16. The van der Waals surface area contributed by atoms with Gasteiger partial charge in [-0.2, -0.15) is 0 Å². The molecule has 3 heterocycles. The minimum atomic E-state index is -2.06. The van der Waals surface area contributed by atoms with E-state index in [1.165, 1.54) is 52.3 Å². The zero-order valence-electron chi connectivity index (χ0n) is 39.8. The van der Waals surface area contributed by atoms with Gasteiger partial charge in [0.15, 0.2) is 18.7 Å². The summed E-state index contributed by atoms with van der Waals surface area (Å²) in [7, 11) is 6.66. The summed E-state index contributed by atoms with van der Waals surface area (Å²) in [5, 5.41) is 49.1. The van der Waals surface area contributed by atoms with E-state index in [0.29, 0.717) is 6.42 Å². The molecule has 1 aromatic rings. The van der Waals surface area contributed by atoms with E-state index in [9.17, 15) is 39.8 Å². The molecule has 0 unspecified atom stereocenters. The van der Waals surface area contributed by atoms with Crippen molar-refractivity contribution in [2.75, 3.05) is 28.3 Å². The summed E-state index contributed by atoms with van der Waals surface area (Å²) < 4.78 is 50.7. The second-order valence-corrected chi connectivity index (χ2v) is 18.9. The normalized spacial score (nSPS) is 41.9. The van der Waals surface area contributed by atoms with Crippen LogP contribution in [0.4, 0.5) is 5.69 Å². The number of nitro groups is 1. The molecule has 4 N–H and O–H groups in total. The van der Waals surface area contributed by atoms with Crippen LogP contribution in [0.3, 0.4) is 0 Å². The van der Waals surface area contributed by atoms with Gasteiger partial charge < -0.3 is 63.4 Å². The van der Waals surface area contributed by atoms with Crippen LogP contribution in [0, 0.1) is 27.9 Å². The molecule has 3 aliphatic rings. The highest BCUT2D eigenvalue weighted by molar-refractivity contribution is 5.89. The zero-order valence-corrected chi connectivity index (χ0v) is 39.8. The minimum absolute atomic E-state index is 0.0178. The number of ether oxygens (including phenoxy) is 8. The van der Waals surface area contributed by atoms with Gasteiger partial charge in [0.25, 0.3) is 5.69 Å². The van der Waals surface area contributed by atoms with E-state index in [4.69, 9.17) is 37.9 Å². The number of rotatable bonds is 11. The van der Waals surface area contributed by atoms with Crippen molar-refractivity contribution in [2.24, 2.45) is 17.8 Å². The number of carbonyl (C=O) groups excluding carboxylic acids is 3. The first kappa shape index (κ1) is 53.2. The Morgan fingerprint density at radius 3 is 2.06 bits per heavy atom. The lowest BCUT2D eigenvalue weighted by atomic mass is 9.78. The fraction of sp³-hybridized carbons (Fsp3) is 0.800. The van der Waals surface area contributed by atoms with Gasteiger partial charge in [-0.05, 0) is 94.0 Å². The number of benzene rings is 1. The van der Waals surface area contributed by atoms with Gasteiger partial charge in [0.05, 0.1) is 58.4 Å². The molecule has 64 heavy (non-hydrogen) atoms. The third-order valence-corrected chi connectivity index (χ3v) is 13.6. The van der Waals surface area contributed by atoms with Gasteiger partial charge in [0.2, 0.25) is 5.91 Å². The predicted octanol–water partition coefficient (Wildman–Crippen LogP) is 3.51. The SMILES string of the molecule is CC[C@H]1OC(=O)[C@H](C)[C@@H](O[C@H]2C[C@@](C)(OC)[C@@H](OC(=O)c3ccc([N+](=O)[O-])cc3)[C@H](C)O2)[C@H](C)[C@@H](O[C@@H]2O[C@H](C)C[C@H](N(C)C)[C@H]2O)[C@](C)(OC)C[C@@H](C)NC(=O)[C@H](C)[C@@H](O)[C@]1(C)O. The van der Waals surface area contributed by atoms with Crippen molar-refractivity contribution < 1.29 is 72.5 Å². The van der Waals surface area contributed by atoms with Crippen molar-refractivity contribution >= 4 is 23.5 Å². The second kappa shape index (κ2) is 21.5. The number of nitrogens with one attached hydrogen (secondary N) is 1. The van der Waals surface area contributed by atoms with Crippen LogP contribution >= 0.6 is 0 Å². The number of esters is 2. The van der Waals surface area contributed by atoms with Crippen LogP contribution in [0.25, 0.3) is 0 Å². The number of nitro benzene ring substituents is 1. The average Bonchev–Trinajstić information content (AvgIpc) is 3.24. The molecule has 1 aromatic carbocycles. The average molecular weight is 912 g/mol. The molecule has 0 bridgehead atoms. The number of cyclic esters (lactones) is 1. The summed E-state index contributed by atoms with van der Waals surface area (Å²) in [5.74, 6) is -5.17. The highest BCUT2D eigenvalue weighted by Crippen LogP contribution is 2.41. The first-order valence-electron chi connectivity index (χ1n) is 22.2. The van der Waals surface area contributed by atoms with Gasteiger partial charge in [-0.3, -0.25) is 19.7 Å². The van der Waals surface area contributed by atoms with Crippen LogP contribution in [0.1, 0.15) is 105 Å². The standard InChI is InChI=1S/C45H73N3O16/c1-15-32-45(10,54)36(50)27(6)39(51)46-23(2)21-43(8,57-13)37(64-42-34(49)31(47(11)12)20-24(3)59-42)25(4)35(26(5)40(52)61-32)62-33-22-44(9,58-14)38(28(7)60-33)63-41(53)29-16-18-30(19-17-29)48(55)56/h16-19,23-28,31-38,42,49-50,54H,15,20-22H2,1-14H3,(H,46,51)/t23-,24-,25+,26-,27-,28+,31+,32-,33+,34-,35+,36-,37-,38+,42+,43-,44-,45-/m1/s1. The fourth-order valence-electron chi connectivity index (χ4n) is 9.56. The number of nitrogens with zero attached hydrogens (tertiary/aromatic N) is 2. The van der Waals surface area contributed by atoms with Crippen molar-refractivity contribution in [1.82, 2.24) is 10.2 Å². The first-order valence-corrected chi connectivity index (χ1v) is 22.2. The third kappa shape index (κ3) is 11.8. The van der Waals surface area contributed by atoms with Crippen LogP contribution in [0.5, 0.6) is 0 Å². The van der Waals surface area contributed by atoms with Gasteiger partial charge in [-0.25, -0.2) is 4.79 Å². The molecule has 3 fully saturated rings. The number of hydrogen-bond donors (Lipinski definition) is 4. The van der Waals surface area contributed by atoms with E-state index in [-0.39, 0.29) is 42.7 Å². The van der Waals surface area contributed by atoms with Crippen molar-refractivity contribution in [3.05, 3.63) is 39.9 Å². The van der Waals surface area contributed by atoms with E-state index in [2.05, 4.69) is 5.32 Å². The van der Waals surface area contributed by atoms with Gasteiger partial charge in [-0.15, -0.1) is 0 Å². The van der Waals surface area contributed by atoms with Crippen molar-refractivity contribution in [1.29, 1.82) is 0 Å². The Morgan fingerprint density at radius 2 is 1.52 bits per heavy atom. The second-order valence-electron chi connectivity index (χ2n) is 18.9. The van der Waals surface area contributed by atoms with E-state index in [0.717, 1.165) is 0 Å². The molecule has 3 aliphatic heterocycles. The molecule has 0 aromatic heterocycles. The maximum atomic E-state index is 14.5. The van der Waals surface area contributed by atoms with Gasteiger partial charge in [0, 0.05) is 50.8 Å². The van der Waals surface area contributed by atoms with Crippen molar-refractivity contribution in [3.8, 4) is 0 Å². The molecule has 0 saturated carbocycles. The lowest BCUT2D eigenvalue weighted by Gasteiger charge is -2.50. The molecule has 18 atom stereocenters. The Bertz CT molecular complexity index is 1750. The highest BCUT2D eigenvalue weighted by atomic mass is 16.7. The minimum Gasteiger partial charge on any atom is -0.459 e. The van der Waals surface area contributed by atoms with Crippen LogP contribution in [0.2, 0.25) is 0 Å². The predicted molar refractivity (Wildman–Crippen MR) is 231 cm³/mol. The van der Waals surface area contributed by atoms with Gasteiger partial charge >= 0.3 is 11.9 Å². The fourth-order valence-corrected chi connectivity index (χ4v) is 9.56. The lowest BCUT2D eigenvalue weighted by molar-refractivity contribution is -0.384. The van der Waals surface area contributed by atoms with Crippen molar-refractivity contribution in [3.63, 3.8) is 0 Å². The Kier molecular flexibility index (Phi) is 17.9. The first-order chi connectivity index (χ1) is 29.7. The number of non-ortho nitro benzene ring substituents is 1. The molecule has 0 spiro atoms. The third-order valence-electron chi connectivity index (χ3n) is 13.6. The topological polar surface area (TPSA) is 244 Å². The maximum absolute atomic E-state index is 14.5.